The Bertz CT molecular complexity index is 1050. The van der Waals surface area contributed by atoms with Crippen LogP contribution in [0.4, 0.5) is 11.4 Å². The fourth-order valence-electron chi connectivity index (χ4n) is 2.34. The predicted molar refractivity (Wildman–Crippen MR) is 118 cm³/mol. The molecule has 0 saturated carbocycles. The van der Waals surface area contributed by atoms with E-state index in [1.54, 1.807) is 36.4 Å². The normalized spacial score (nSPS) is 10.5. The van der Waals surface area contributed by atoms with Crippen LogP contribution in [0, 0.1) is 0 Å². The third-order valence-electron chi connectivity index (χ3n) is 3.68. The van der Waals surface area contributed by atoms with E-state index in [0.717, 1.165) is 5.56 Å². The Morgan fingerprint density at radius 3 is 2.48 bits per heavy atom. The monoisotopic (exact) mass is 425 g/mol. The molecule has 0 aliphatic carbocycles. The maximum absolute atomic E-state index is 12.0. The third-order valence-corrected chi connectivity index (χ3v) is 4.20. The molecular weight excluding hydrogens is 410 g/mol. The molecule has 0 bridgehead atoms. The Kier molecular flexibility index (Phi) is 6.78. The average Bonchev–Trinajstić information content (AvgIpc) is 3.24. The van der Waals surface area contributed by atoms with E-state index < -0.39 is 5.91 Å². The second-order valence-electron chi connectivity index (χ2n) is 5.81. The Morgan fingerprint density at radius 2 is 1.79 bits per heavy atom. The van der Waals surface area contributed by atoms with Crippen molar-refractivity contribution in [3.05, 3.63) is 89.3 Å². The number of carbonyl (C=O) groups excluding carboxylic acids is 2. The lowest BCUT2D eigenvalue weighted by Crippen LogP contribution is -2.32. The Balaban J connectivity index is 1.55. The molecule has 146 valence electrons. The molecule has 0 unspecified atom stereocenters. The molecule has 0 spiro atoms. The van der Waals surface area contributed by atoms with Gasteiger partial charge in [-0.1, -0.05) is 41.9 Å². The van der Waals surface area contributed by atoms with Crippen molar-refractivity contribution in [1.29, 1.82) is 0 Å². The minimum absolute atomic E-state index is 0.121. The first kappa shape index (κ1) is 20.3. The molecule has 0 aliphatic heterocycles. The highest BCUT2D eigenvalue weighted by atomic mass is 35.5. The van der Waals surface area contributed by atoms with Gasteiger partial charge in [0, 0.05) is 11.8 Å². The van der Waals surface area contributed by atoms with Gasteiger partial charge in [-0.2, -0.15) is 0 Å². The zero-order valence-electron chi connectivity index (χ0n) is 15.0. The number of amides is 2. The van der Waals surface area contributed by atoms with E-state index in [9.17, 15) is 9.59 Å². The van der Waals surface area contributed by atoms with Gasteiger partial charge in [-0.3, -0.25) is 14.9 Å². The maximum atomic E-state index is 12.0. The molecule has 0 fully saturated rings. The number of rotatable bonds is 5. The number of nitrogens with one attached hydrogen (secondary N) is 3. The molecule has 29 heavy (non-hydrogen) atoms. The van der Waals surface area contributed by atoms with Crippen molar-refractivity contribution in [2.24, 2.45) is 0 Å². The van der Waals surface area contributed by atoms with E-state index >= 15 is 0 Å². The molecule has 3 rings (SSSR count). The topological polar surface area (TPSA) is 83.4 Å². The molecule has 3 N–H and O–H groups in total. The molecule has 2 aromatic carbocycles. The SMILES string of the molecule is O=C(/C=C/c1ccccc1)NC(=S)Nc1ccc(NC(=O)c2ccco2)c(Cl)c1. The van der Waals surface area contributed by atoms with E-state index in [1.165, 1.54) is 12.3 Å². The molecule has 0 aliphatic rings. The number of hydrogen-bond donors (Lipinski definition) is 3. The van der Waals surface area contributed by atoms with Crippen LogP contribution in [0.1, 0.15) is 16.1 Å². The van der Waals surface area contributed by atoms with E-state index in [-0.39, 0.29) is 16.8 Å². The summed E-state index contributed by atoms with van der Waals surface area (Å²) in [5.41, 5.74) is 1.88. The number of benzene rings is 2. The largest absolute Gasteiger partial charge is 0.459 e. The molecular formula is C21H16ClN3O3S. The fourth-order valence-corrected chi connectivity index (χ4v) is 2.78. The zero-order valence-corrected chi connectivity index (χ0v) is 16.6. The number of furan rings is 1. The third kappa shape index (κ3) is 6.03. The molecule has 6 nitrogen and oxygen atoms in total. The minimum atomic E-state index is -0.411. The molecule has 0 radical (unpaired) electrons. The smallest absolute Gasteiger partial charge is 0.291 e. The van der Waals surface area contributed by atoms with Crippen LogP contribution < -0.4 is 16.0 Å². The van der Waals surface area contributed by atoms with Gasteiger partial charge in [0.2, 0.25) is 5.91 Å². The molecule has 0 saturated heterocycles. The summed E-state index contributed by atoms with van der Waals surface area (Å²) < 4.78 is 5.04. The van der Waals surface area contributed by atoms with Crippen LogP contribution >= 0.6 is 23.8 Å². The molecule has 1 heterocycles. The van der Waals surface area contributed by atoms with Crippen LogP contribution in [0.25, 0.3) is 6.08 Å². The molecule has 8 heteroatoms. The van der Waals surface area contributed by atoms with E-state index in [0.29, 0.717) is 16.4 Å². The lowest BCUT2D eigenvalue weighted by Gasteiger charge is -2.11. The number of anilines is 2. The first-order chi connectivity index (χ1) is 14.0. The number of halogens is 1. The first-order valence-electron chi connectivity index (χ1n) is 8.51. The first-order valence-corrected chi connectivity index (χ1v) is 9.29. The summed E-state index contributed by atoms with van der Waals surface area (Å²) >= 11 is 11.4. The summed E-state index contributed by atoms with van der Waals surface area (Å²) in [6.45, 7) is 0. The van der Waals surface area contributed by atoms with E-state index in [1.807, 2.05) is 30.3 Å². The summed E-state index contributed by atoms with van der Waals surface area (Å²) in [6.07, 6.45) is 4.49. The Labute approximate surface area is 177 Å². The van der Waals surface area contributed by atoms with Gasteiger partial charge in [0.15, 0.2) is 10.9 Å². The van der Waals surface area contributed by atoms with Gasteiger partial charge in [0.05, 0.1) is 17.0 Å². The van der Waals surface area contributed by atoms with Crippen LogP contribution in [-0.4, -0.2) is 16.9 Å². The predicted octanol–water partition coefficient (Wildman–Crippen LogP) is 4.71. The van der Waals surface area contributed by atoms with Gasteiger partial charge in [0.1, 0.15) is 0 Å². The second kappa shape index (κ2) is 9.68. The average molecular weight is 426 g/mol. The van der Waals surface area contributed by atoms with Gasteiger partial charge in [-0.15, -0.1) is 0 Å². The lowest BCUT2D eigenvalue weighted by atomic mass is 10.2. The summed E-state index contributed by atoms with van der Waals surface area (Å²) in [7, 11) is 0. The number of hydrogen-bond acceptors (Lipinski definition) is 4. The highest BCUT2D eigenvalue weighted by Crippen LogP contribution is 2.26. The summed E-state index contributed by atoms with van der Waals surface area (Å²) in [5.74, 6) is -0.596. The number of carbonyl (C=O) groups is 2. The highest BCUT2D eigenvalue weighted by molar-refractivity contribution is 7.80. The van der Waals surface area contributed by atoms with Crippen molar-refractivity contribution in [2.45, 2.75) is 0 Å². The second-order valence-corrected chi connectivity index (χ2v) is 6.63. The summed E-state index contributed by atoms with van der Waals surface area (Å²) in [4.78, 5) is 24.0. The Hall–Kier alpha value is -3.42. The van der Waals surface area contributed by atoms with E-state index in [2.05, 4.69) is 16.0 Å². The number of thiocarbonyl (C=S) groups is 1. The van der Waals surface area contributed by atoms with Crippen LogP contribution in [0.2, 0.25) is 5.02 Å². The summed E-state index contributed by atoms with van der Waals surface area (Å²) in [6, 6.07) is 17.5. The molecule has 0 atom stereocenters. The molecule has 2 amide bonds. The fraction of sp³-hybridized carbons (Fsp3) is 0. The minimum Gasteiger partial charge on any atom is -0.459 e. The molecule has 3 aromatic rings. The van der Waals surface area contributed by atoms with Crippen molar-refractivity contribution in [2.75, 3.05) is 10.6 Å². The van der Waals surface area contributed by atoms with Crippen molar-refractivity contribution in [3.63, 3.8) is 0 Å². The van der Waals surface area contributed by atoms with Crippen molar-refractivity contribution < 1.29 is 14.0 Å². The molecule has 1 aromatic heterocycles. The van der Waals surface area contributed by atoms with E-state index in [4.69, 9.17) is 28.2 Å². The zero-order chi connectivity index (χ0) is 20.6. The lowest BCUT2D eigenvalue weighted by molar-refractivity contribution is -0.115. The maximum Gasteiger partial charge on any atom is 0.291 e. The standard InChI is InChI=1S/C21H16ClN3O3S/c22-16-13-15(9-10-17(16)24-20(27)18-7-4-12-28-18)23-21(29)25-19(26)11-8-14-5-2-1-3-6-14/h1-13H,(H,24,27)(H2,23,25,26,29)/b11-8+. The van der Waals surface area contributed by atoms with Gasteiger partial charge in [-0.25, -0.2) is 0 Å². The van der Waals surface area contributed by atoms with Crippen LogP contribution in [-0.2, 0) is 4.79 Å². The van der Waals surface area contributed by atoms with Crippen LogP contribution in [0.5, 0.6) is 0 Å². The van der Waals surface area contributed by atoms with Gasteiger partial charge < -0.3 is 15.1 Å². The summed E-state index contributed by atoms with van der Waals surface area (Å²) in [5, 5.41) is 8.50. The van der Waals surface area contributed by atoms with Gasteiger partial charge in [-0.05, 0) is 54.2 Å². The highest BCUT2D eigenvalue weighted by Gasteiger charge is 2.11. The quantitative estimate of drug-likeness (QED) is 0.407. The van der Waals surface area contributed by atoms with Gasteiger partial charge >= 0.3 is 0 Å². The Morgan fingerprint density at radius 1 is 1.00 bits per heavy atom. The van der Waals surface area contributed by atoms with Crippen molar-refractivity contribution in [3.8, 4) is 0 Å². The van der Waals surface area contributed by atoms with Crippen LogP contribution in [0.3, 0.4) is 0 Å². The van der Waals surface area contributed by atoms with Crippen LogP contribution in [0.15, 0.2) is 77.4 Å². The van der Waals surface area contributed by atoms with Gasteiger partial charge in [0.25, 0.3) is 5.91 Å². The van der Waals surface area contributed by atoms with Crippen molar-refractivity contribution in [1.82, 2.24) is 5.32 Å². The van der Waals surface area contributed by atoms with Crippen molar-refractivity contribution >= 4 is 58.2 Å².